The van der Waals surface area contributed by atoms with Crippen LogP contribution >= 0.6 is 15.9 Å². The number of piperazine rings is 1. The SMILES string of the molecule is BrCC1(CN2CCN(c3ncccn3)CC2)CCCC1. The second kappa shape index (κ2) is 6.39. The quantitative estimate of drug-likeness (QED) is 0.790. The first kappa shape index (κ1) is 14.3. The Morgan fingerprint density at radius 2 is 1.70 bits per heavy atom. The fourth-order valence-corrected chi connectivity index (χ4v) is 4.23. The van der Waals surface area contributed by atoms with Crippen molar-refractivity contribution in [3.8, 4) is 0 Å². The van der Waals surface area contributed by atoms with Gasteiger partial charge in [-0.15, -0.1) is 0 Å². The monoisotopic (exact) mass is 338 g/mol. The van der Waals surface area contributed by atoms with Gasteiger partial charge in [0.1, 0.15) is 0 Å². The van der Waals surface area contributed by atoms with E-state index in [-0.39, 0.29) is 0 Å². The number of nitrogens with zero attached hydrogens (tertiary/aromatic N) is 4. The lowest BCUT2D eigenvalue weighted by atomic mass is 9.88. The van der Waals surface area contributed by atoms with E-state index in [1.165, 1.54) is 32.2 Å². The molecule has 2 fully saturated rings. The molecule has 110 valence electrons. The lowest BCUT2D eigenvalue weighted by molar-refractivity contribution is 0.164. The van der Waals surface area contributed by atoms with E-state index in [0.717, 1.165) is 37.5 Å². The molecular weight excluding hydrogens is 316 g/mol. The number of aromatic nitrogens is 2. The number of rotatable bonds is 4. The van der Waals surface area contributed by atoms with Crippen LogP contribution in [0.2, 0.25) is 0 Å². The summed E-state index contributed by atoms with van der Waals surface area (Å²) in [5.41, 5.74) is 0.533. The zero-order valence-corrected chi connectivity index (χ0v) is 13.6. The summed E-state index contributed by atoms with van der Waals surface area (Å²) in [5.74, 6) is 0.878. The average Bonchev–Trinajstić information content (AvgIpc) is 2.98. The minimum absolute atomic E-state index is 0.533. The molecule has 0 bridgehead atoms. The third-order valence-electron chi connectivity index (χ3n) is 4.71. The van der Waals surface area contributed by atoms with E-state index in [2.05, 4.69) is 35.7 Å². The number of halogens is 1. The zero-order valence-electron chi connectivity index (χ0n) is 12.0. The number of hydrogen-bond acceptors (Lipinski definition) is 4. The van der Waals surface area contributed by atoms with Crippen LogP contribution < -0.4 is 4.90 Å². The van der Waals surface area contributed by atoms with Gasteiger partial charge in [0.15, 0.2) is 0 Å². The maximum atomic E-state index is 4.35. The highest BCUT2D eigenvalue weighted by Gasteiger charge is 2.35. The summed E-state index contributed by atoms with van der Waals surface area (Å²) in [5, 5.41) is 1.15. The molecule has 0 radical (unpaired) electrons. The van der Waals surface area contributed by atoms with Crippen LogP contribution in [-0.4, -0.2) is 52.9 Å². The highest BCUT2D eigenvalue weighted by atomic mass is 79.9. The van der Waals surface area contributed by atoms with Gasteiger partial charge in [-0.05, 0) is 24.3 Å². The first-order chi connectivity index (χ1) is 9.81. The van der Waals surface area contributed by atoms with Gasteiger partial charge in [0.05, 0.1) is 0 Å². The predicted molar refractivity (Wildman–Crippen MR) is 85.4 cm³/mol. The maximum Gasteiger partial charge on any atom is 0.225 e. The molecule has 2 heterocycles. The van der Waals surface area contributed by atoms with Crippen molar-refractivity contribution in [1.29, 1.82) is 0 Å². The standard InChI is InChI=1S/C15H23BrN4/c16-12-15(4-1-2-5-15)13-19-8-10-20(11-9-19)14-17-6-3-7-18-14/h3,6-7H,1-2,4-5,8-13H2. The van der Waals surface area contributed by atoms with E-state index in [1.807, 2.05) is 18.5 Å². The molecule has 0 unspecified atom stereocenters. The largest absolute Gasteiger partial charge is 0.338 e. The third-order valence-corrected chi connectivity index (χ3v) is 5.90. The number of alkyl halides is 1. The number of anilines is 1. The van der Waals surface area contributed by atoms with Crippen molar-refractivity contribution in [2.24, 2.45) is 5.41 Å². The molecule has 1 saturated heterocycles. The van der Waals surface area contributed by atoms with Crippen molar-refractivity contribution in [2.45, 2.75) is 25.7 Å². The van der Waals surface area contributed by atoms with Gasteiger partial charge in [0, 0.05) is 50.4 Å². The second-order valence-electron chi connectivity index (χ2n) is 6.15. The average molecular weight is 339 g/mol. The third kappa shape index (κ3) is 3.14. The summed E-state index contributed by atoms with van der Waals surface area (Å²) < 4.78 is 0. The summed E-state index contributed by atoms with van der Waals surface area (Å²) >= 11 is 3.75. The molecule has 20 heavy (non-hydrogen) atoms. The van der Waals surface area contributed by atoms with Crippen molar-refractivity contribution in [3.63, 3.8) is 0 Å². The summed E-state index contributed by atoms with van der Waals surface area (Å²) in [6.07, 6.45) is 9.24. The molecule has 1 saturated carbocycles. The summed E-state index contributed by atoms with van der Waals surface area (Å²) in [6, 6.07) is 1.87. The normalized spacial score (nSPS) is 23.1. The maximum absolute atomic E-state index is 4.35. The van der Waals surface area contributed by atoms with Gasteiger partial charge in [-0.3, -0.25) is 4.90 Å². The van der Waals surface area contributed by atoms with Crippen LogP contribution in [0.4, 0.5) is 5.95 Å². The van der Waals surface area contributed by atoms with Crippen LogP contribution in [0.1, 0.15) is 25.7 Å². The molecule has 1 aliphatic carbocycles. The summed E-state index contributed by atoms with van der Waals surface area (Å²) in [6.45, 7) is 5.60. The highest BCUT2D eigenvalue weighted by molar-refractivity contribution is 9.09. The molecule has 1 aliphatic heterocycles. The zero-order chi connectivity index (χ0) is 13.8. The predicted octanol–water partition coefficient (Wildman–Crippen LogP) is 2.55. The lowest BCUT2D eigenvalue weighted by Crippen LogP contribution is -2.50. The van der Waals surface area contributed by atoms with Crippen molar-refractivity contribution in [1.82, 2.24) is 14.9 Å². The van der Waals surface area contributed by atoms with Gasteiger partial charge in [-0.2, -0.15) is 0 Å². The fraction of sp³-hybridized carbons (Fsp3) is 0.733. The van der Waals surface area contributed by atoms with E-state index in [4.69, 9.17) is 0 Å². The molecule has 0 atom stereocenters. The molecule has 0 N–H and O–H groups in total. The van der Waals surface area contributed by atoms with Crippen LogP contribution in [-0.2, 0) is 0 Å². The number of hydrogen-bond donors (Lipinski definition) is 0. The van der Waals surface area contributed by atoms with Crippen molar-refractivity contribution < 1.29 is 0 Å². The molecule has 0 amide bonds. The van der Waals surface area contributed by atoms with Crippen molar-refractivity contribution >= 4 is 21.9 Å². The van der Waals surface area contributed by atoms with Crippen LogP contribution in [0.3, 0.4) is 0 Å². The molecule has 0 aromatic carbocycles. The van der Waals surface area contributed by atoms with Crippen LogP contribution in [0.5, 0.6) is 0 Å². The summed E-state index contributed by atoms with van der Waals surface area (Å²) in [7, 11) is 0. The van der Waals surface area contributed by atoms with Crippen LogP contribution in [0, 0.1) is 5.41 Å². The second-order valence-corrected chi connectivity index (χ2v) is 6.71. The van der Waals surface area contributed by atoms with E-state index in [0.29, 0.717) is 5.41 Å². The van der Waals surface area contributed by atoms with Crippen LogP contribution in [0.15, 0.2) is 18.5 Å². The Kier molecular flexibility index (Phi) is 4.56. The van der Waals surface area contributed by atoms with Gasteiger partial charge >= 0.3 is 0 Å². The molecule has 1 aromatic heterocycles. The van der Waals surface area contributed by atoms with E-state index >= 15 is 0 Å². The van der Waals surface area contributed by atoms with E-state index in [1.54, 1.807) is 0 Å². The smallest absolute Gasteiger partial charge is 0.225 e. The Balaban J connectivity index is 1.54. The van der Waals surface area contributed by atoms with E-state index < -0.39 is 0 Å². The molecule has 5 heteroatoms. The Morgan fingerprint density at radius 3 is 2.30 bits per heavy atom. The van der Waals surface area contributed by atoms with E-state index in [9.17, 15) is 0 Å². The first-order valence-electron chi connectivity index (χ1n) is 7.62. The van der Waals surface area contributed by atoms with Crippen LogP contribution in [0.25, 0.3) is 0 Å². The minimum Gasteiger partial charge on any atom is -0.338 e. The van der Waals surface area contributed by atoms with Crippen molar-refractivity contribution in [2.75, 3.05) is 43.0 Å². The minimum atomic E-state index is 0.533. The van der Waals surface area contributed by atoms with Gasteiger partial charge < -0.3 is 4.90 Å². The Morgan fingerprint density at radius 1 is 1.05 bits per heavy atom. The molecular formula is C15H23BrN4. The lowest BCUT2D eigenvalue weighted by Gasteiger charge is -2.39. The van der Waals surface area contributed by atoms with Gasteiger partial charge in [-0.1, -0.05) is 28.8 Å². The summed E-state index contributed by atoms with van der Waals surface area (Å²) in [4.78, 5) is 13.6. The van der Waals surface area contributed by atoms with Gasteiger partial charge in [0.2, 0.25) is 5.95 Å². The topological polar surface area (TPSA) is 32.3 Å². The van der Waals surface area contributed by atoms with Gasteiger partial charge in [0.25, 0.3) is 0 Å². The van der Waals surface area contributed by atoms with Gasteiger partial charge in [-0.25, -0.2) is 9.97 Å². The molecule has 3 rings (SSSR count). The molecule has 1 aromatic rings. The first-order valence-corrected chi connectivity index (χ1v) is 8.74. The Bertz CT molecular complexity index is 411. The molecule has 2 aliphatic rings. The van der Waals surface area contributed by atoms with Crippen molar-refractivity contribution in [3.05, 3.63) is 18.5 Å². The fourth-order valence-electron chi connectivity index (χ4n) is 3.49. The Labute approximate surface area is 129 Å². The Hall–Kier alpha value is -0.680. The highest BCUT2D eigenvalue weighted by Crippen LogP contribution is 2.40. The molecule has 4 nitrogen and oxygen atoms in total. The molecule has 0 spiro atoms.